The minimum absolute atomic E-state index is 0.183. The maximum Gasteiger partial charge on any atom is 0.573 e. The summed E-state index contributed by atoms with van der Waals surface area (Å²) in [6, 6.07) is 0. The van der Waals surface area contributed by atoms with Gasteiger partial charge in [-0.15, -0.1) is 13.2 Å². The van der Waals surface area contributed by atoms with Crippen molar-refractivity contribution in [1.82, 2.24) is 4.98 Å². The van der Waals surface area contributed by atoms with Gasteiger partial charge in [-0.05, 0) is 22.6 Å². The molecule has 11 heteroatoms. The van der Waals surface area contributed by atoms with Crippen molar-refractivity contribution >= 4 is 28.6 Å². The largest absolute Gasteiger partial charge is 0.573 e. The second kappa shape index (κ2) is 5.61. The topological polar surface area (TPSA) is 59.4 Å². The van der Waals surface area contributed by atoms with Gasteiger partial charge in [0.25, 0.3) is 0 Å². The summed E-state index contributed by atoms with van der Waals surface area (Å²) < 4.78 is 77.6. The number of hydrogen-bond donors (Lipinski definition) is 1. The highest BCUT2D eigenvalue weighted by atomic mass is 127. The number of aliphatic carboxylic acids is 1. The van der Waals surface area contributed by atoms with Gasteiger partial charge in [0.05, 0.1) is 6.42 Å². The van der Waals surface area contributed by atoms with Crippen LogP contribution >= 0.6 is 22.6 Å². The Balaban J connectivity index is 3.51. The molecular weight excluding hydrogens is 411 g/mol. The standard InChI is InChI=1S/C9H4F6INO3/c10-8(11,12)7-6(20-9(13,14)15)3(1-5(18)19)4(16)2-17-7/h2H,1H2,(H,18,19). The van der Waals surface area contributed by atoms with Crippen LogP contribution in [-0.4, -0.2) is 22.4 Å². The molecule has 0 aliphatic heterocycles. The first-order chi connectivity index (χ1) is 8.92. The molecule has 112 valence electrons. The van der Waals surface area contributed by atoms with Crippen molar-refractivity contribution in [2.24, 2.45) is 0 Å². The van der Waals surface area contributed by atoms with Crippen molar-refractivity contribution in [2.45, 2.75) is 19.0 Å². The summed E-state index contributed by atoms with van der Waals surface area (Å²) in [7, 11) is 0. The Labute approximate surface area is 120 Å². The van der Waals surface area contributed by atoms with E-state index < -0.39 is 41.9 Å². The summed E-state index contributed by atoms with van der Waals surface area (Å²) in [4.78, 5) is 13.4. The Morgan fingerprint density at radius 3 is 2.25 bits per heavy atom. The molecular formula is C9H4F6INO3. The molecule has 0 fully saturated rings. The molecule has 0 atom stereocenters. The average molecular weight is 415 g/mol. The van der Waals surface area contributed by atoms with E-state index in [1.54, 1.807) is 0 Å². The van der Waals surface area contributed by atoms with Crippen molar-refractivity contribution in [1.29, 1.82) is 0 Å². The maximum atomic E-state index is 12.6. The average Bonchev–Trinajstić information content (AvgIpc) is 2.19. The molecule has 0 amide bonds. The number of hydrogen-bond acceptors (Lipinski definition) is 3. The number of aromatic nitrogens is 1. The molecule has 0 aromatic carbocycles. The zero-order chi connectivity index (χ0) is 15.7. The van der Waals surface area contributed by atoms with Crippen LogP contribution in [-0.2, 0) is 17.4 Å². The van der Waals surface area contributed by atoms with Crippen LogP contribution in [0.1, 0.15) is 11.3 Å². The summed E-state index contributed by atoms with van der Waals surface area (Å²) in [5.74, 6) is -3.24. The predicted octanol–water partition coefficient (Wildman–Crippen LogP) is 3.23. The molecule has 1 aromatic heterocycles. The highest BCUT2D eigenvalue weighted by Gasteiger charge is 2.42. The number of carbonyl (C=O) groups is 1. The summed E-state index contributed by atoms with van der Waals surface area (Å²) >= 11 is 1.38. The fourth-order valence-corrected chi connectivity index (χ4v) is 1.83. The lowest BCUT2D eigenvalue weighted by atomic mass is 10.1. The number of carboxylic acid groups (broad SMARTS) is 1. The number of halogens is 7. The zero-order valence-corrected chi connectivity index (χ0v) is 11.3. The van der Waals surface area contributed by atoms with E-state index in [-0.39, 0.29) is 3.57 Å². The normalized spacial score (nSPS) is 12.3. The molecule has 1 N–H and O–H groups in total. The van der Waals surface area contributed by atoms with Gasteiger partial charge in [0.1, 0.15) is 0 Å². The molecule has 0 unspecified atom stereocenters. The second-order valence-corrected chi connectivity index (χ2v) is 4.54. The van der Waals surface area contributed by atoms with Crippen LogP contribution < -0.4 is 4.74 Å². The van der Waals surface area contributed by atoms with E-state index in [9.17, 15) is 31.1 Å². The number of alkyl halides is 6. The summed E-state index contributed by atoms with van der Waals surface area (Å²) in [6.07, 6.45) is -11.0. The Morgan fingerprint density at radius 2 is 1.85 bits per heavy atom. The van der Waals surface area contributed by atoms with Crippen LogP contribution in [0.2, 0.25) is 0 Å². The third-order valence-electron chi connectivity index (χ3n) is 1.90. The molecule has 0 bridgehead atoms. The van der Waals surface area contributed by atoms with Crippen molar-refractivity contribution < 1.29 is 41.0 Å². The van der Waals surface area contributed by atoms with E-state index in [0.29, 0.717) is 6.20 Å². The SMILES string of the molecule is O=C(O)Cc1c(I)cnc(C(F)(F)F)c1OC(F)(F)F. The van der Waals surface area contributed by atoms with Gasteiger partial charge in [0.2, 0.25) is 0 Å². The van der Waals surface area contributed by atoms with Crippen molar-refractivity contribution in [3.8, 4) is 5.75 Å². The minimum atomic E-state index is -5.40. The van der Waals surface area contributed by atoms with Gasteiger partial charge >= 0.3 is 18.5 Å². The first-order valence-electron chi connectivity index (χ1n) is 4.64. The van der Waals surface area contributed by atoms with Gasteiger partial charge in [-0.25, -0.2) is 4.98 Å². The smallest absolute Gasteiger partial charge is 0.481 e. The van der Waals surface area contributed by atoms with E-state index in [4.69, 9.17) is 5.11 Å². The predicted molar refractivity (Wildman–Crippen MR) is 60.0 cm³/mol. The maximum absolute atomic E-state index is 12.6. The van der Waals surface area contributed by atoms with E-state index in [1.807, 2.05) is 0 Å². The van der Waals surface area contributed by atoms with Crippen LogP contribution in [0.4, 0.5) is 26.3 Å². The number of carboxylic acids is 1. The van der Waals surface area contributed by atoms with Gasteiger partial charge in [0, 0.05) is 15.3 Å². The minimum Gasteiger partial charge on any atom is -0.481 e. The first kappa shape index (κ1) is 16.8. The van der Waals surface area contributed by atoms with Crippen molar-refractivity contribution in [3.63, 3.8) is 0 Å². The van der Waals surface area contributed by atoms with Crippen LogP contribution in [0.15, 0.2) is 6.20 Å². The molecule has 1 heterocycles. The molecule has 0 saturated carbocycles. The highest BCUT2D eigenvalue weighted by molar-refractivity contribution is 14.1. The lowest BCUT2D eigenvalue weighted by molar-refractivity contribution is -0.276. The van der Waals surface area contributed by atoms with Gasteiger partial charge < -0.3 is 9.84 Å². The van der Waals surface area contributed by atoms with E-state index in [2.05, 4.69) is 9.72 Å². The van der Waals surface area contributed by atoms with Crippen LogP contribution in [0.5, 0.6) is 5.75 Å². The summed E-state index contributed by atoms with van der Waals surface area (Å²) in [6.45, 7) is 0. The van der Waals surface area contributed by atoms with Crippen molar-refractivity contribution in [2.75, 3.05) is 0 Å². The molecule has 0 aliphatic rings. The van der Waals surface area contributed by atoms with Crippen molar-refractivity contribution in [3.05, 3.63) is 21.0 Å². The number of nitrogens with zero attached hydrogens (tertiary/aromatic N) is 1. The molecule has 0 radical (unpaired) electrons. The van der Waals surface area contributed by atoms with E-state index in [1.165, 1.54) is 22.6 Å². The van der Waals surface area contributed by atoms with Crippen LogP contribution in [0.25, 0.3) is 0 Å². The molecule has 1 rings (SSSR count). The molecule has 0 aliphatic carbocycles. The fraction of sp³-hybridized carbons (Fsp3) is 0.333. The third-order valence-corrected chi connectivity index (χ3v) is 2.83. The molecule has 4 nitrogen and oxygen atoms in total. The van der Waals surface area contributed by atoms with Gasteiger partial charge in [-0.1, -0.05) is 0 Å². The van der Waals surface area contributed by atoms with E-state index >= 15 is 0 Å². The lowest BCUT2D eigenvalue weighted by Crippen LogP contribution is -2.23. The third kappa shape index (κ3) is 4.38. The van der Waals surface area contributed by atoms with Gasteiger partial charge in [-0.2, -0.15) is 13.2 Å². The Morgan fingerprint density at radius 1 is 1.30 bits per heavy atom. The Bertz CT molecular complexity index is 528. The lowest BCUT2D eigenvalue weighted by Gasteiger charge is -2.18. The zero-order valence-electron chi connectivity index (χ0n) is 9.14. The first-order valence-corrected chi connectivity index (χ1v) is 5.72. The van der Waals surface area contributed by atoms with Crippen LogP contribution in [0, 0.1) is 3.57 Å². The van der Waals surface area contributed by atoms with Crippen LogP contribution in [0.3, 0.4) is 0 Å². The molecule has 0 saturated heterocycles. The Hall–Kier alpha value is -1.27. The quantitative estimate of drug-likeness (QED) is 0.609. The monoisotopic (exact) mass is 415 g/mol. The second-order valence-electron chi connectivity index (χ2n) is 3.38. The summed E-state index contributed by atoms with van der Waals surface area (Å²) in [5.41, 5.74) is -2.66. The van der Waals surface area contributed by atoms with E-state index in [0.717, 1.165) is 0 Å². The molecule has 20 heavy (non-hydrogen) atoms. The number of pyridine rings is 1. The Kier molecular flexibility index (Phi) is 4.71. The molecule has 0 spiro atoms. The fourth-order valence-electron chi connectivity index (χ4n) is 1.25. The summed E-state index contributed by atoms with van der Waals surface area (Å²) in [5, 5.41) is 8.57. The number of ether oxygens (including phenoxy) is 1. The molecule has 1 aromatic rings. The number of rotatable bonds is 3. The highest BCUT2D eigenvalue weighted by Crippen LogP contribution is 2.40. The van der Waals surface area contributed by atoms with Gasteiger partial charge in [-0.3, -0.25) is 4.79 Å². The van der Waals surface area contributed by atoms with Gasteiger partial charge in [0.15, 0.2) is 11.4 Å².